The minimum atomic E-state index is -0.904. The number of nitrogens with one attached hydrogen (secondary N) is 3. The first-order valence-corrected chi connectivity index (χ1v) is 10.1. The lowest BCUT2D eigenvalue weighted by Crippen LogP contribution is -2.52. The molecule has 0 aliphatic carbocycles. The molecule has 0 radical (unpaired) electrons. The largest absolute Gasteiger partial charge is 0.480 e. The van der Waals surface area contributed by atoms with E-state index in [1.807, 2.05) is 0 Å². The van der Waals surface area contributed by atoms with Gasteiger partial charge in [0.1, 0.15) is 11.4 Å². The summed E-state index contributed by atoms with van der Waals surface area (Å²) in [6.45, 7) is 6.67. The molecule has 1 aliphatic rings. The molecule has 0 unspecified atom stereocenters. The second kappa shape index (κ2) is 10.7. The van der Waals surface area contributed by atoms with E-state index in [0.29, 0.717) is 37.3 Å². The highest BCUT2D eigenvalue weighted by molar-refractivity contribution is 6.05. The van der Waals surface area contributed by atoms with E-state index in [-0.39, 0.29) is 24.8 Å². The van der Waals surface area contributed by atoms with Crippen LogP contribution in [-0.4, -0.2) is 89.5 Å². The Bertz CT molecular complexity index is 870. The number of ether oxygens (including phenoxy) is 1. The van der Waals surface area contributed by atoms with Crippen LogP contribution in [0.25, 0.3) is 0 Å². The standard InChI is InChI=1S/C21H29N5O6/c1-21(2,3)32-20(31)24-18(22)14-4-6-15(7-5-14)19(30)23-12-16(27)26-10-8-25(9-11-26)13-17(28)29/h4-7H,8-13H2,1-3H3,(H,23,30)(H,28,29)(H2,22,24,31). The van der Waals surface area contributed by atoms with Gasteiger partial charge in [-0.1, -0.05) is 12.1 Å². The van der Waals surface area contributed by atoms with Crippen molar-refractivity contribution in [3.05, 3.63) is 35.4 Å². The van der Waals surface area contributed by atoms with Gasteiger partial charge in [-0.25, -0.2) is 4.79 Å². The highest BCUT2D eigenvalue weighted by Crippen LogP contribution is 2.08. The third-order valence-electron chi connectivity index (χ3n) is 4.55. The summed E-state index contributed by atoms with van der Waals surface area (Å²) < 4.78 is 5.10. The summed E-state index contributed by atoms with van der Waals surface area (Å²) in [5.74, 6) is -1.75. The number of carboxylic acids is 1. The molecule has 1 aromatic carbocycles. The van der Waals surface area contributed by atoms with Crippen LogP contribution in [0.5, 0.6) is 0 Å². The summed E-state index contributed by atoms with van der Waals surface area (Å²) in [6.07, 6.45) is -0.744. The number of rotatable bonds is 6. The summed E-state index contributed by atoms with van der Waals surface area (Å²) in [4.78, 5) is 50.5. The monoisotopic (exact) mass is 447 g/mol. The molecule has 1 aromatic rings. The fourth-order valence-electron chi connectivity index (χ4n) is 2.98. The summed E-state index contributed by atoms with van der Waals surface area (Å²) in [5, 5.41) is 21.7. The van der Waals surface area contributed by atoms with Crippen molar-refractivity contribution in [3.8, 4) is 0 Å². The maximum absolute atomic E-state index is 12.3. The number of amidine groups is 1. The number of benzene rings is 1. The van der Waals surface area contributed by atoms with Crippen molar-refractivity contribution in [1.29, 1.82) is 5.41 Å². The molecular formula is C21H29N5O6. The minimum absolute atomic E-state index is 0.0560. The Balaban J connectivity index is 1.80. The van der Waals surface area contributed by atoms with E-state index in [1.54, 1.807) is 30.6 Å². The van der Waals surface area contributed by atoms with Crippen molar-refractivity contribution >= 4 is 29.7 Å². The number of nitrogens with zero attached hydrogens (tertiary/aromatic N) is 2. The maximum Gasteiger partial charge on any atom is 0.413 e. The van der Waals surface area contributed by atoms with Crippen molar-refractivity contribution < 1.29 is 29.0 Å². The summed E-state index contributed by atoms with van der Waals surface area (Å²) in [6, 6.07) is 6.01. The molecule has 3 amide bonds. The van der Waals surface area contributed by atoms with Crippen LogP contribution >= 0.6 is 0 Å². The Kier molecular flexibility index (Phi) is 8.30. The van der Waals surface area contributed by atoms with Crippen LogP contribution in [0, 0.1) is 5.41 Å². The Labute approximate surface area is 186 Å². The average molecular weight is 447 g/mol. The van der Waals surface area contributed by atoms with Gasteiger partial charge in [0.05, 0.1) is 13.1 Å². The second-order valence-corrected chi connectivity index (χ2v) is 8.31. The van der Waals surface area contributed by atoms with Gasteiger partial charge in [-0.3, -0.25) is 30.0 Å². The predicted molar refractivity (Wildman–Crippen MR) is 116 cm³/mol. The van der Waals surface area contributed by atoms with Gasteiger partial charge in [-0.05, 0) is 32.9 Å². The van der Waals surface area contributed by atoms with Crippen molar-refractivity contribution in [3.63, 3.8) is 0 Å². The zero-order valence-corrected chi connectivity index (χ0v) is 18.4. The number of piperazine rings is 1. The number of amides is 3. The maximum atomic E-state index is 12.3. The molecule has 0 spiro atoms. The van der Waals surface area contributed by atoms with Crippen LogP contribution in [-0.2, 0) is 14.3 Å². The minimum Gasteiger partial charge on any atom is -0.480 e. The number of carbonyl (C=O) groups excluding carboxylic acids is 3. The highest BCUT2D eigenvalue weighted by Gasteiger charge is 2.22. The van der Waals surface area contributed by atoms with Crippen LogP contribution in [0.15, 0.2) is 24.3 Å². The van der Waals surface area contributed by atoms with Gasteiger partial charge in [0.25, 0.3) is 5.91 Å². The molecule has 1 saturated heterocycles. The number of carboxylic acid groups (broad SMARTS) is 1. The van der Waals surface area contributed by atoms with Gasteiger partial charge in [0, 0.05) is 37.3 Å². The van der Waals surface area contributed by atoms with Gasteiger partial charge in [-0.2, -0.15) is 0 Å². The van der Waals surface area contributed by atoms with E-state index < -0.39 is 23.6 Å². The molecule has 0 bridgehead atoms. The topological polar surface area (TPSA) is 152 Å². The number of aliphatic carboxylic acids is 1. The summed E-state index contributed by atoms with van der Waals surface area (Å²) >= 11 is 0. The van der Waals surface area contributed by atoms with E-state index in [2.05, 4.69) is 10.6 Å². The Morgan fingerprint density at radius 2 is 1.59 bits per heavy atom. The van der Waals surface area contributed by atoms with E-state index in [1.165, 1.54) is 24.3 Å². The Hall–Kier alpha value is -3.47. The molecule has 0 saturated carbocycles. The second-order valence-electron chi connectivity index (χ2n) is 8.31. The molecule has 1 heterocycles. The third-order valence-corrected chi connectivity index (χ3v) is 4.55. The zero-order chi connectivity index (χ0) is 23.9. The third kappa shape index (κ3) is 7.99. The van der Waals surface area contributed by atoms with Gasteiger partial charge in [-0.15, -0.1) is 0 Å². The van der Waals surface area contributed by atoms with E-state index in [9.17, 15) is 19.2 Å². The quantitative estimate of drug-likeness (QED) is 0.366. The Morgan fingerprint density at radius 3 is 2.12 bits per heavy atom. The number of alkyl carbamates (subject to hydrolysis) is 1. The normalized spacial score (nSPS) is 14.4. The fraction of sp³-hybridized carbons (Fsp3) is 0.476. The summed E-state index contributed by atoms with van der Waals surface area (Å²) in [5.41, 5.74) is 0.0103. The predicted octanol–water partition coefficient (Wildman–Crippen LogP) is 0.495. The fourth-order valence-corrected chi connectivity index (χ4v) is 2.98. The average Bonchev–Trinajstić information content (AvgIpc) is 2.70. The van der Waals surface area contributed by atoms with Gasteiger partial charge < -0.3 is 20.1 Å². The van der Waals surface area contributed by atoms with Crippen molar-refractivity contribution in [2.24, 2.45) is 0 Å². The molecule has 2 rings (SSSR count). The zero-order valence-electron chi connectivity index (χ0n) is 18.4. The molecule has 0 atom stereocenters. The molecule has 0 aromatic heterocycles. The molecule has 1 aliphatic heterocycles. The van der Waals surface area contributed by atoms with Crippen LogP contribution in [0.4, 0.5) is 4.79 Å². The number of hydrogen-bond acceptors (Lipinski definition) is 7. The van der Waals surface area contributed by atoms with Crippen LogP contribution < -0.4 is 10.6 Å². The lowest BCUT2D eigenvalue weighted by atomic mass is 10.1. The van der Waals surface area contributed by atoms with E-state index >= 15 is 0 Å². The SMILES string of the molecule is CC(C)(C)OC(=O)NC(=N)c1ccc(C(=O)NCC(=O)N2CCN(CC(=O)O)CC2)cc1. The molecule has 1 fully saturated rings. The Morgan fingerprint density at radius 1 is 1.03 bits per heavy atom. The lowest BCUT2D eigenvalue weighted by molar-refractivity contribution is -0.139. The first-order valence-electron chi connectivity index (χ1n) is 10.1. The highest BCUT2D eigenvalue weighted by atomic mass is 16.6. The molecule has 4 N–H and O–H groups in total. The van der Waals surface area contributed by atoms with Crippen LogP contribution in [0.1, 0.15) is 36.7 Å². The van der Waals surface area contributed by atoms with Gasteiger partial charge >= 0.3 is 12.1 Å². The molecule has 174 valence electrons. The van der Waals surface area contributed by atoms with Crippen LogP contribution in [0.2, 0.25) is 0 Å². The van der Waals surface area contributed by atoms with Crippen molar-refractivity contribution in [1.82, 2.24) is 20.4 Å². The first-order chi connectivity index (χ1) is 14.9. The molecular weight excluding hydrogens is 418 g/mol. The first kappa shape index (κ1) is 24.8. The molecule has 11 heteroatoms. The molecule has 11 nitrogen and oxygen atoms in total. The van der Waals surface area contributed by atoms with Crippen molar-refractivity contribution in [2.75, 3.05) is 39.3 Å². The van der Waals surface area contributed by atoms with Crippen LogP contribution in [0.3, 0.4) is 0 Å². The smallest absolute Gasteiger partial charge is 0.413 e. The van der Waals surface area contributed by atoms with E-state index in [4.69, 9.17) is 15.3 Å². The number of hydrogen-bond donors (Lipinski definition) is 4. The molecule has 32 heavy (non-hydrogen) atoms. The lowest BCUT2D eigenvalue weighted by Gasteiger charge is -2.33. The van der Waals surface area contributed by atoms with E-state index in [0.717, 1.165) is 0 Å². The number of carbonyl (C=O) groups is 4. The van der Waals surface area contributed by atoms with Gasteiger partial charge in [0.2, 0.25) is 5.91 Å². The summed E-state index contributed by atoms with van der Waals surface area (Å²) in [7, 11) is 0. The van der Waals surface area contributed by atoms with Crippen molar-refractivity contribution in [2.45, 2.75) is 26.4 Å². The van der Waals surface area contributed by atoms with Gasteiger partial charge in [0.15, 0.2) is 0 Å².